The molecule has 7 heteroatoms. The van der Waals surface area contributed by atoms with Gasteiger partial charge in [-0.05, 0) is 36.8 Å². The molecule has 0 radical (unpaired) electrons. The van der Waals surface area contributed by atoms with E-state index in [0.29, 0.717) is 17.2 Å². The number of hydrogen-bond acceptors (Lipinski definition) is 5. The topological polar surface area (TPSA) is 76.2 Å². The van der Waals surface area contributed by atoms with E-state index < -0.39 is 6.04 Å². The van der Waals surface area contributed by atoms with E-state index in [-0.39, 0.29) is 37.5 Å². The fourth-order valence-corrected chi connectivity index (χ4v) is 3.50. The summed E-state index contributed by atoms with van der Waals surface area (Å²) in [6.45, 7) is 3.70. The van der Waals surface area contributed by atoms with Crippen LogP contribution in [0.1, 0.15) is 24.5 Å². The van der Waals surface area contributed by atoms with Crippen molar-refractivity contribution in [3.63, 3.8) is 0 Å². The zero-order chi connectivity index (χ0) is 19.8. The summed E-state index contributed by atoms with van der Waals surface area (Å²) in [5.74, 6) is 0.294. The molecule has 1 saturated heterocycles. The lowest BCUT2D eigenvalue weighted by atomic mass is 10.1. The molecule has 0 aliphatic carbocycles. The Labute approximate surface area is 162 Å². The Morgan fingerprint density at radius 1 is 1.11 bits per heavy atom. The predicted molar refractivity (Wildman–Crippen MR) is 101 cm³/mol. The van der Waals surface area contributed by atoms with E-state index in [0.717, 1.165) is 11.1 Å². The van der Waals surface area contributed by atoms with Crippen molar-refractivity contribution >= 4 is 23.4 Å². The van der Waals surface area contributed by atoms with Gasteiger partial charge in [-0.2, -0.15) is 0 Å². The standard InChI is InChI=1S/C21H20N2O5/c1-13-3-6-16(7-4-13)23-20(25)10-17(21(23)26)22(14(2)24)11-15-5-8-18-19(9-15)28-12-27-18/h3-9,17H,10-12H2,1-2H3. The highest BCUT2D eigenvalue weighted by molar-refractivity contribution is 6.22. The number of anilines is 1. The number of aryl methyl sites for hydroxylation is 1. The third-order valence-corrected chi connectivity index (χ3v) is 4.99. The molecule has 2 aliphatic heterocycles. The highest BCUT2D eigenvalue weighted by Crippen LogP contribution is 2.33. The van der Waals surface area contributed by atoms with Crippen LogP contribution in [0.25, 0.3) is 0 Å². The first-order valence-corrected chi connectivity index (χ1v) is 9.03. The number of ether oxygens (including phenoxy) is 2. The molecule has 1 atom stereocenters. The number of amides is 3. The van der Waals surface area contributed by atoms with E-state index in [2.05, 4.69) is 0 Å². The summed E-state index contributed by atoms with van der Waals surface area (Å²) in [6.07, 6.45) is -0.0309. The molecule has 1 fully saturated rings. The number of carbonyl (C=O) groups is 3. The number of imide groups is 1. The van der Waals surface area contributed by atoms with Crippen LogP contribution in [-0.4, -0.2) is 35.5 Å². The van der Waals surface area contributed by atoms with Crippen LogP contribution < -0.4 is 14.4 Å². The number of fused-ring (bicyclic) bond motifs is 1. The van der Waals surface area contributed by atoms with E-state index in [4.69, 9.17) is 9.47 Å². The lowest BCUT2D eigenvalue weighted by Gasteiger charge is -2.26. The Balaban J connectivity index is 1.58. The van der Waals surface area contributed by atoms with Crippen molar-refractivity contribution in [2.45, 2.75) is 32.9 Å². The highest BCUT2D eigenvalue weighted by Gasteiger charge is 2.43. The van der Waals surface area contributed by atoms with Crippen molar-refractivity contribution in [2.75, 3.05) is 11.7 Å². The molecule has 2 aromatic carbocycles. The molecule has 4 rings (SSSR count). The maximum atomic E-state index is 13.0. The number of hydrogen-bond donors (Lipinski definition) is 0. The summed E-state index contributed by atoms with van der Waals surface area (Å²) in [6, 6.07) is 11.7. The first-order chi connectivity index (χ1) is 13.4. The monoisotopic (exact) mass is 380 g/mol. The minimum Gasteiger partial charge on any atom is -0.454 e. The van der Waals surface area contributed by atoms with Crippen LogP contribution in [0.3, 0.4) is 0 Å². The largest absolute Gasteiger partial charge is 0.454 e. The van der Waals surface area contributed by atoms with Crippen LogP contribution in [0.2, 0.25) is 0 Å². The van der Waals surface area contributed by atoms with Gasteiger partial charge < -0.3 is 14.4 Å². The molecule has 2 aliphatic rings. The maximum Gasteiger partial charge on any atom is 0.257 e. The Kier molecular flexibility index (Phi) is 4.50. The van der Waals surface area contributed by atoms with Crippen LogP contribution in [0.4, 0.5) is 5.69 Å². The van der Waals surface area contributed by atoms with Gasteiger partial charge in [0, 0.05) is 13.5 Å². The first kappa shape index (κ1) is 18.0. The second-order valence-corrected chi connectivity index (χ2v) is 6.96. The van der Waals surface area contributed by atoms with Crippen molar-refractivity contribution in [2.24, 2.45) is 0 Å². The van der Waals surface area contributed by atoms with Gasteiger partial charge in [0.2, 0.25) is 18.6 Å². The molecule has 144 valence electrons. The average Bonchev–Trinajstić information content (AvgIpc) is 3.24. The quantitative estimate of drug-likeness (QED) is 0.762. The van der Waals surface area contributed by atoms with Gasteiger partial charge in [0.05, 0.1) is 12.1 Å². The number of nitrogens with zero attached hydrogens (tertiary/aromatic N) is 2. The lowest BCUT2D eigenvalue weighted by molar-refractivity contribution is -0.137. The summed E-state index contributed by atoms with van der Waals surface area (Å²) in [5.41, 5.74) is 2.36. The molecule has 2 heterocycles. The highest BCUT2D eigenvalue weighted by atomic mass is 16.7. The van der Waals surface area contributed by atoms with Crippen LogP contribution in [0.5, 0.6) is 11.5 Å². The summed E-state index contributed by atoms with van der Waals surface area (Å²) < 4.78 is 10.7. The molecular formula is C21H20N2O5. The van der Waals surface area contributed by atoms with E-state index >= 15 is 0 Å². The maximum absolute atomic E-state index is 13.0. The summed E-state index contributed by atoms with van der Waals surface area (Å²) in [4.78, 5) is 40.4. The van der Waals surface area contributed by atoms with Gasteiger partial charge in [-0.3, -0.25) is 14.4 Å². The molecule has 0 bridgehead atoms. The third-order valence-electron chi connectivity index (χ3n) is 4.99. The van der Waals surface area contributed by atoms with Gasteiger partial charge in [0.15, 0.2) is 11.5 Å². The second-order valence-electron chi connectivity index (χ2n) is 6.96. The third kappa shape index (κ3) is 3.19. The Morgan fingerprint density at radius 2 is 1.82 bits per heavy atom. The molecule has 0 spiro atoms. The minimum absolute atomic E-state index is 0.0309. The molecule has 0 saturated carbocycles. The van der Waals surface area contributed by atoms with Gasteiger partial charge >= 0.3 is 0 Å². The normalized spacial score (nSPS) is 17.9. The minimum atomic E-state index is -0.822. The smallest absolute Gasteiger partial charge is 0.257 e. The molecule has 1 unspecified atom stereocenters. The molecule has 2 aromatic rings. The molecular weight excluding hydrogens is 360 g/mol. The molecule has 0 N–H and O–H groups in total. The molecule has 28 heavy (non-hydrogen) atoms. The van der Waals surface area contributed by atoms with Crippen molar-refractivity contribution in [3.05, 3.63) is 53.6 Å². The summed E-state index contributed by atoms with van der Waals surface area (Å²) in [5, 5.41) is 0. The van der Waals surface area contributed by atoms with E-state index in [1.807, 2.05) is 25.1 Å². The van der Waals surface area contributed by atoms with Crippen LogP contribution in [-0.2, 0) is 20.9 Å². The lowest BCUT2D eigenvalue weighted by Crippen LogP contribution is -2.44. The van der Waals surface area contributed by atoms with Gasteiger partial charge in [0.25, 0.3) is 5.91 Å². The van der Waals surface area contributed by atoms with Crippen molar-refractivity contribution in [1.82, 2.24) is 4.90 Å². The summed E-state index contributed by atoms with van der Waals surface area (Å²) in [7, 11) is 0. The first-order valence-electron chi connectivity index (χ1n) is 9.03. The van der Waals surface area contributed by atoms with E-state index in [1.54, 1.807) is 24.3 Å². The van der Waals surface area contributed by atoms with Crippen molar-refractivity contribution in [3.8, 4) is 11.5 Å². The second kappa shape index (κ2) is 6.99. The van der Waals surface area contributed by atoms with Gasteiger partial charge in [0.1, 0.15) is 6.04 Å². The average molecular weight is 380 g/mol. The van der Waals surface area contributed by atoms with Gasteiger partial charge in [-0.1, -0.05) is 23.8 Å². The Hall–Kier alpha value is -3.35. The van der Waals surface area contributed by atoms with Crippen LogP contribution in [0.15, 0.2) is 42.5 Å². The van der Waals surface area contributed by atoms with E-state index in [1.165, 1.54) is 16.7 Å². The predicted octanol–water partition coefficient (Wildman–Crippen LogP) is 2.40. The van der Waals surface area contributed by atoms with Crippen LogP contribution >= 0.6 is 0 Å². The van der Waals surface area contributed by atoms with Gasteiger partial charge in [-0.15, -0.1) is 0 Å². The molecule has 0 aromatic heterocycles. The van der Waals surface area contributed by atoms with Crippen molar-refractivity contribution in [1.29, 1.82) is 0 Å². The zero-order valence-electron chi connectivity index (χ0n) is 15.7. The Bertz CT molecular complexity index is 954. The van der Waals surface area contributed by atoms with Crippen molar-refractivity contribution < 1.29 is 23.9 Å². The zero-order valence-corrected chi connectivity index (χ0v) is 15.7. The number of benzene rings is 2. The fourth-order valence-electron chi connectivity index (χ4n) is 3.50. The SMILES string of the molecule is CC(=O)N(Cc1ccc2c(c1)OCO2)C1CC(=O)N(c2ccc(C)cc2)C1=O. The van der Waals surface area contributed by atoms with E-state index in [9.17, 15) is 14.4 Å². The number of rotatable bonds is 4. The summed E-state index contributed by atoms with van der Waals surface area (Å²) >= 11 is 0. The molecule has 3 amide bonds. The fraction of sp³-hybridized carbons (Fsp3) is 0.286. The van der Waals surface area contributed by atoms with Gasteiger partial charge in [-0.25, -0.2) is 4.90 Å². The Morgan fingerprint density at radius 3 is 2.54 bits per heavy atom. The van der Waals surface area contributed by atoms with Crippen LogP contribution in [0, 0.1) is 6.92 Å². The number of carbonyl (C=O) groups excluding carboxylic acids is 3. The molecule has 7 nitrogen and oxygen atoms in total.